The number of hydrogen-bond donors (Lipinski definition) is 1. The molecule has 0 radical (unpaired) electrons. The minimum absolute atomic E-state index is 0.199. The molecule has 1 aliphatic heterocycles. The van der Waals surface area contributed by atoms with Gasteiger partial charge >= 0.3 is 6.18 Å². The predicted molar refractivity (Wildman–Crippen MR) is 70.1 cm³/mol. The van der Waals surface area contributed by atoms with E-state index in [0.717, 1.165) is 0 Å². The molecule has 0 bridgehead atoms. The van der Waals surface area contributed by atoms with E-state index in [2.05, 4.69) is 4.85 Å². The first kappa shape index (κ1) is 14.9. The summed E-state index contributed by atoms with van der Waals surface area (Å²) in [4.78, 5) is 4.70. The molecule has 1 aromatic carbocycles. The number of halogens is 4. The second kappa shape index (κ2) is 5.51. The van der Waals surface area contributed by atoms with Gasteiger partial charge in [0, 0.05) is 17.3 Å². The third-order valence-electron chi connectivity index (χ3n) is 3.38. The summed E-state index contributed by atoms with van der Waals surface area (Å²) in [6.07, 6.45) is -6.19. The average molecular weight is 305 g/mol. The van der Waals surface area contributed by atoms with Crippen molar-refractivity contribution < 1.29 is 18.3 Å². The highest BCUT2D eigenvalue weighted by molar-refractivity contribution is 6.33. The van der Waals surface area contributed by atoms with Crippen LogP contribution in [0, 0.1) is 6.57 Å². The third-order valence-corrected chi connectivity index (χ3v) is 3.69. The summed E-state index contributed by atoms with van der Waals surface area (Å²) >= 11 is 5.90. The molecule has 1 aliphatic rings. The van der Waals surface area contributed by atoms with Crippen molar-refractivity contribution in [1.29, 1.82) is 0 Å². The molecule has 2 atom stereocenters. The molecule has 1 N–H and O–H groups in total. The van der Waals surface area contributed by atoms with Crippen LogP contribution in [0.1, 0.15) is 12.8 Å². The number of nitrogens with zero attached hydrogens (tertiary/aromatic N) is 2. The lowest BCUT2D eigenvalue weighted by Crippen LogP contribution is -2.47. The van der Waals surface area contributed by atoms with Crippen LogP contribution in [-0.2, 0) is 0 Å². The van der Waals surface area contributed by atoms with E-state index in [1.54, 1.807) is 6.07 Å². The van der Waals surface area contributed by atoms with Crippen molar-refractivity contribution in [2.75, 3.05) is 11.4 Å². The molecule has 0 spiro atoms. The zero-order valence-electron chi connectivity index (χ0n) is 10.4. The van der Waals surface area contributed by atoms with Crippen LogP contribution in [0.2, 0.25) is 5.02 Å². The molecule has 108 valence electrons. The van der Waals surface area contributed by atoms with Gasteiger partial charge in [0.05, 0.1) is 12.6 Å². The third kappa shape index (κ3) is 2.84. The normalized spacial score (nSPS) is 20.8. The fraction of sp³-hybridized carbons (Fsp3) is 0.462. The number of anilines is 1. The molecule has 7 heteroatoms. The Labute approximate surface area is 119 Å². The number of aliphatic hydroxyl groups excluding tert-OH is 1. The van der Waals surface area contributed by atoms with Gasteiger partial charge in [0.2, 0.25) is 5.69 Å². The summed E-state index contributed by atoms with van der Waals surface area (Å²) in [6.45, 7) is 7.31. The summed E-state index contributed by atoms with van der Waals surface area (Å²) < 4.78 is 37.9. The van der Waals surface area contributed by atoms with E-state index >= 15 is 0 Å². The Kier molecular flexibility index (Phi) is 4.11. The topological polar surface area (TPSA) is 27.8 Å². The Morgan fingerprint density at radius 2 is 2.15 bits per heavy atom. The molecule has 1 fully saturated rings. The fourth-order valence-electron chi connectivity index (χ4n) is 2.42. The SMILES string of the molecule is [C-]#[N+]c1ccc(N2CCC[C@@H]2[C@@H](O)C(F)(F)F)cc1Cl. The first-order valence-corrected chi connectivity index (χ1v) is 6.41. The average Bonchev–Trinajstić information content (AvgIpc) is 2.85. The van der Waals surface area contributed by atoms with Crippen molar-refractivity contribution in [2.24, 2.45) is 0 Å². The van der Waals surface area contributed by atoms with Crippen molar-refractivity contribution in [3.8, 4) is 0 Å². The zero-order valence-corrected chi connectivity index (χ0v) is 11.1. The van der Waals surface area contributed by atoms with Gasteiger partial charge in [-0.05, 0) is 25.0 Å². The largest absolute Gasteiger partial charge is 0.416 e. The zero-order chi connectivity index (χ0) is 14.9. The van der Waals surface area contributed by atoms with Crippen molar-refractivity contribution in [2.45, 2.75) is 31.2 Å². The lowest BCUT2D eigenvalue weighted by atomic mass is 10.1. The van der Waals surface area contributed by atoms with Crippen LogP contribution in [-0.4, -0.2) is 30.0 Å². The first-order valence-electron chi connectivity index (χ1n) is 6.03. The Hall–Kier alpha value is -1.45. The molecule has 0 amide bonds. The van der Waals surface area contributed by atoms with Gasteiger partial charge < -0.3 is 10.0 Å². The second-order valence-electron chi connectivity index (χ2n) is 4.64. The van der Waals surface area contributed by atoms with E-state index in [-0.39, 0.29) is 17.1 Å². The molecule has 1 saturated heterocycles. The minimum atomic E-state index is -4.65. The standard InChI is InChI=1S/C13H12ClF3N2O/c1-18-10-5-4-8(7-9(10)14)19-6-2-3-11(19)12(20)13(15,16)17/h4-5,7,11-12,20H,2-3,6H2/t11-,12-/m1/s1. The highest BCUT2D eigenvalue weighted by Gasteiger charge is 2.47. The van der Waals surface area contributed by atoms with E-state index in [4.69, 9.17) is 18.2 Å². The lowest BCUT2D eigenvalue weighted by Gasteiger charge is -2.31. The van der Waals surface area contributed by atoms with Gasteiger partial charge in [-0.3, -0.25) is 0 Å². The van der Waals surface area contributed by atoms with Gasteiger partial charge in [-0.15, -0.1) is 0 Å². The van der Waals surface area contributed by atoms with Gasteiger partial charge in [0.15, 0.2) is 6.10 Å². The number of alkyl halides is 3. The first-order chi connectivity index (χ1) is 9.34. The van der Waals surface area contributed by atoms with Crippen molar-refractivity contribution in [3.63, 3.8) is 0 Å². The molecular formula is C13H12ClF3N2O. The van der Waals surface area contributed by atoms with Gasteiger partial charge in [-0.25, -0.2) is 4.85 Å². The van der Waals surface area contributed by atoms with Crippen LogP contribution in [0.4, 0.5) is 24.5 Å². The van der Waals surface area contributed by atoms with Gasteiger partial charge in [-0.1, -0.05) is 17.7 Å². The molecule has 3 nitrogen and oxygen atoms in total. The van der Waals surface area contributed by atoms with E-state index in [1.807, 2.05) is 0 Å². The molecule has 0 aliphatic carbocycles. The van der Waals surface area contributed by atoms with Gasteiger partial charge in [0.25, 0.3) is 0 Å². The minimum Gasteiger partial charge on any atom is -0.382 e. The van der Waals surface area contributed by atoms with Crippen LogP contribution < -0.4 is 4.90 Å². The molecule has 0 saturated carbocycles. The second-order valence-corrected chi connectivity index (χ2v) is 5.04. The predicted octanol–water partition coefficient (Wildman–Crippen LogP) is 3.78. The van der Waals surface area contributed by atoms with E-state index < -0.39 is 18.3 Å². The summed E-state index contributed by atoms with van der Waals surface area (Å²) in [7, 11) is 0. The molecule has 1 aromatic rings. The monoisotopic (exact) mass is 304 g/mol. The van der Waals surface area contributed by atoms with Crippen molar-refractivity contribution in [3.05, 3.63) is 34.6 Å². The molecule has 0 aromatic heterocycles. The summed E-state index contributed by atoms with van der Waals surface area (Å²) in [5, 5.41) is 9.64. The van der Waals surface area contributed by atoms with Crippen LogP contribution in [0.25, 0.3) is 4.85 Å². The van der Waals surface area contributed by atoms with Crippen LogP contribution in [0.15, 0.2) is 18.2 Å². The summed E-state index contributed by atoms with van der Waals surface area (Å²) in [5.74, 6) is 0. The number of rotatable bonds is 2. The van der Waals surface area contributed by atoms with Crippen molar-refractivity contribution >= 4 is 23.0 Å². The highest BCUT2D eigenvalue weighted by Crippen LogP contribution is 2.36. The highest BCUT2D eigenvalue weighted by atomic mass is 35.5. The van der Waals surface area contributed by atoms with E-state index in [1.165, 1.54) is 17.0 Å². The maximum atomic E-state index is 12.6. The molecular weight excluding hydrogens is 293 g/mol. The smallest absolute Gasteiger partial charge is 0.382 e. The molecule has 2 rings (SSSR count). The fourth-order valence-corrected chi connectivity index (χ4v) is 2.64. The number of hydrogen-bond acceptors (Lipinski definition) is 2. The van der Waals surface area contributed by atoms with Crippen LogP contribution in [0.5, 0.6) is 0 Å². The van der Waals surface area contributed by atoms with Crippen LogP contribution >= 0.6 is 11.6 Å². The van der Waals surface area contributed by atoms with Gasteiger partial charge in [0.1, 0.15) is 0 Å². The Morgan fingerprint density at radius 1 is 1.45 bits per heavy atom. The lowest BCUT2D eigenvalue weighted by molar-refractivity contribution is -0.209. The Bertz CT molecular complexity index is 541. The summed E-state index contributed by atoms with van der Waals surface area (Å²) in [5.41, 5.74) is 0.746. The van der Waals surface area contributed by atoms with Crippen LogP contribution in [0.3, 0.4) is 0 Å². The van der Waals surface area contributed by atoms with E-state index in [0.29, 0.717) is 18.7 Å². The maximum absolute atomic E-state index is 12.6. The quantitative estimate of drug-likeness (QED) is 0.842. The summed E-state index contributed by atoms with van der Waals surface area (Å²) in [6, 6.07) is 3.49. The van der Waals surface area contributed by atoms with Gasteiger partial charge in [-0.2, -0.15) is 13.2 Å². The maximum Gasteiger partial charge on any atom is 0.416 e. The Balaban J connectivity index is 2.28. The van der Waals surface area contributed by atoms with Crippen molar-refractivity contribution in [1.82, 2.24) is 0 Å². The molecule has 1 heterocycles. The molecule has 20 heavy (non-hydrogen) atoms. The van der Waals surface area contributed by atoms with E-state index in [9.17, 15) is 18.3 Å². The number of benzene rings is 1. The number of aliphatic hydroxyl groups is 1. The molecule has 0 unspecified atom stereocenters. The Morgan fingerprint density at radius 3 is 2.70 bits per heavy atom.